The summed E-state index contributed by atoms with van der Waals surface area (Å²) in [6.45, 7) is 6.10. The fourth-order valence-electron chi connectivity index (χ4n) is 2.61. The first-order valence-corrected chi connectivity index (χ1v) is 6.07. The number of hydrogen-bond donors (Lipinski definition) is 1. The van der Waals surface area contributed by atoms with Crippen molar-refractivity contribution in [1.82, 2.24) is 14.9 Å². The Kier molecular flexibility index (Phi) is 3.30. The van der Waals surface area contributed by atoms with E-state index in [0.29, 0.717) is 0 Å². The van der Waals surface area contributed by atoms with Gasteiger partial charge in [-0.05, 0) is 12.8 Å². The summed E-state index contributed by atoms with van der Waals surface area (Å²) in [7, 11) is 2.04. The Bertz CT molecular complexity index is 344. The molecule has 2 heterocycles. The summed E-state index contributed by atoms with van der Waals surface area (Å²) < 4.78 is 8.13. The highest BCUT2D eigenvalue weighted by molar-refractivity contribution is 5.13. The quantitative estimate of drug-likeness (QED) is 0.846. The van der Waals surface area contributed by atoms with Crippen LogP contribution in [0.2, 0.25) is 0 Å². The maximum atomic E-state index is 6.05. The van der Waals surface area contributed by atoms with Crippen LogP contribution in [0, 0.1) is 0 Å². The maximum Gasteiger partial charge on any atom is 0.0946 e. The van der Waals surface area contributed by atoms with Gasteiger partial charge in [0.15, 0.2) is 0 Å². The molecule has 0 spiro atoms. The second-order valence-corrected chi connectivity index (χ2v) is 4.44. The van der Waals surface area contributed by atoms with E-state index in [2.05, 4.69) is 28.7 Å². The molecule has 0 saturated carbocycles. The van der Waals surface area contributed by atoms with Crippen LogP contribution in [0.3, 0.4) is 0 Å². The first-order valence-electron chi connectivity index (χ1n) is 6.07. The van der Waals surface area contributed by atoms with E-state index in [-0.39, 0.29) is 11.6 Å². The van der Waals surface area contributed by atoms with Crippen molar-refractivity contribution in [3.8, 4) is 0 Å². The van der Waals surface area contributed by atoms with E-state index < -0.39 is 0 Å². The molecule has 1 atom stereocenters. The molecule has 0 bridgehead atoms. The zero-order chi connectivity index (χ0) is 11.6. The Morgan fingerprint density at radius 1 is 1.56 bits per heavy atom. The van der Waals surface area contributed by atoms with Crippen molar-refractivity contribution >= 4 is 0 Å². The van der Waals surface area contributed by atoms with Crippen molar-refractivity contribution in [2.75, 3.05) is 13.2 Å². The molecule has 1 saturated heterocycles. The van der Waals surface area contributed by atoms with Crippen LogP contribution in [0.25, 0.3) is 0 Å². The molecule has 1 N–H and O–H groups in total. The number of rotatable bonds is 3. The fraction of sp³-hybridized carbons (Fsp3) is 0.750. The molecular formula is C12H21N3O. The fourth-order valence-corrected chi connectivity index (χ4v) is 2.61. The van der Waals surface area contributed by atoms with Crippen molar-refractivity contribution in [3.63, 3.8) is 0 Å². The highest BCUT2D eigenvalue weighted by Gasteiger charge is 2.41. The van der Waals surface area contributed by atoms with Crippen molar-refractivity contribution in [3.05, 3.63) is 18.2 Å². The van der Waals surface area contributed by atoms with E-state index in [1.165, 1.54) is 5.69 Å². The van der Waals surface area contributed by atoms with Crippen LogP contribution in [0.4, 0.5) is 0 Å². The largest absolute Gasteiger partial charge is 0.372 e. The number of hydrogen-bond acceptors (Lipinski definition) is 3. The third-order valence-electron chi connectivity index (χ3n) is 3.71. The average molecular weight is 223 g/mol. The van der Waals surface area contributed by atoms with Crippen molar-refractivity contribution in [2.45, 2.75) is 38.3 Å². The standard InChI is InChI=1S/C12H21N3O/c1-4-12(5-2)11(14-6-7-16-12)10-8-13-9-15(10)3/h8-9,11,14H,4-7H2,1-3H3. The number of nitrogens with zero attached hydrogens (tertiary/aromatic N) is 2. The van der Waals surface area contributed by atoms with Gasteiger partial charge in [-0.1, -0.05) is 13.8 Å². The van der Waals surface area contributed by atoms with Crippen molar-refractivity contribution in [1.29, 1.82) is 0 Å². The molecule has 90 valence electrons. The summed E-state index contributed by atoms with van der Waals surface area (Å²) in [5, 5.41) is 3.57. The average Bonchev–Trinajstić information content (AvgIpc) is 2.75. The smallest absolute Gasteiger partial charge is 0.0946 e. The molecule has 1 aromatic heterocycles. The number of aryl methyl sites for hydroxylation is 1. The van der Waals surface area contributed by atoms with Crippen LogP contribution in [0.15, 0.2) is 12.5 Å². The summed E-state index contributed by atoms with van der Waals surface area (Å²) in [4.78, 5) is 4.20. The maximum absolute atomic E-state index is 6.05. The van der Waals surface area contributed by atoms with Gasteiger partial charge in [0.2, 0.25) is 0 Å². The van der Waals surface area contributed by atoms with Crippen LogP contribution in [-0.2, 0) is 11.8 Å². The lowest BCUT2D eigenvalue weighted by atomic mass is 9.85. The molecule has 1 unspecified atom stereocenters. The molecule has 0 radical (unpaired) electrons. The van der Waals surface area contributed by atoms with E-state index in [9.17, 15) is 0 Å². The molecule has 1 fully saturated rings. The number of nitrogens with one attached hydrogen (secondary N) is 1. The lowest BCUT2D eigenvalue weighted by Crippen LogP contribution is -2.52. The number of morpholine rings is 1. The molecule has 0 amide bonds. The molecule has 0 aromatic carbocycles. The van der Waals surface area contributed by atoms with Crippen molar-refractivity contribution < 1.29 is 4.74 Å². The summed E-state index contributed by atoms with van der Waals surface area (Å²) in [5.41, 5.74) is 1.13. The van der Waals surface area contributed by atoms with Gasteiger partial charge in [0.25, 0.3) is 0 Å². The minimum Gasteiger partial charge on any atom is -0.372 e. The highest BCUT2D eigenvalue weighted by atomic mass is 16.5. The molecule has 4 nitrogen and oxygen atoms in total. The Morgan fingerprint density at radius 2 is 2.31 bits per heavy atom. The minimum absolute atomic E-state index is 0.0773. The van der Waals surface area contributed by atoms with Crippen molar-refractivity contribution in [2.24, 2.45) is 7.05 Å². The van der Waals surface area contributed by atoms with Gasteiger partial charge in [-0.2, -0.15) is 0 Å². The summed E-state index contributed by atoms with van der Waals surface area (Å²) >= 11 is 0. The van der Waals surface area contributed by atoms with Gasteiger partial charge in [0, 0.05) is 19.8 Å². The van der Waals surface area contributed by atoms with Gasteiger partial charge in [0.1, 0.15) is 0 Å². The molecule has 1 aliphatic heterocycles. The van der Waals surface area contributed by atoms with Gasteiger partial charge in [-0.25, -0.2) is 4.98 Å². The molecule has 1 aromatic rings. The van der Waals surface area contributed by atoms with Gasteiger partial charge < -0.3 is 14.6 Å². The number of imidazole rings is 1. The highest BCUT2D eigenvalue weighted by Crippen LogP contribution is 2.36. The Morgan fingerprint density at radius 3 is 2.88 bits per heavy atom. The zero-order valence-corrected chi connectivity index (χ0v) is 10.4. The van der Waals surface area contributed by atoms with Crippen LogP contribution >= 0.6 is 0 Å². The minimum atomic E-state index is -0.0773. The topological polar surface area (TPSA) is 39.1 Å². The SMILES string of the molecule is CCC1(CC)OCCNC1c1cncn1C. The van der Waals surface area contributed by atoms with E-state index >= 15 is 0 Å². The van der Waals surface area contributed by atoms with Gasteiger partial charge >= 0.3 is 0 Å². The van der Waals surface area contributed by atoms with Gasteiger partial charge in [0.05, 0.1) is 30.3 Å². The normalized spacial score (nSPS) is 24.6. The van der Waals surface area contributed by atoms with E-state index in [0.717, 1.165) is 26.0 Å². The molecule has 0 aliphatic carbocycles. The summed E-state index contributed by atoms with van der Waals surface area (Å²) in [6.07, 6.45) is 5.83. The summed E-state index contributed by atoms with van der Waals surface area (Å²) in [5.74, 6) is 0. The third kappa shape index (κ3) is 1.76. The first-order chi connectivity index (χ1) is 7.73. The van der Waals surface area contributed by atoms with E-state index in [1.807, 2.05) is 19.6 Å². The second kappa shape index (κ2) is 4.55. The van der Waals surface area contributed by atoms with E-state index in [4.69, 9.17) is 4.74 Å². The predicted octanol–water partition coefficient (Wildman–Crippen LogP) is 1.64. The summed E-state index contributed by atoms with van der Waals surface area (Å²) in [6, 6.07) is 0.253. The lowest BCUT2D eigenvalue weighted by molar-refractivity contribution is -0.105. The Labute approximate surface area is 97.0 Å². The first kappa shape index (κ1) is 11.6. The molecular weight excluding hydrogens is 202 g/mol. The van der Waals surface area contributed by atoms with E-state index in [1.54, 1.807) is 0 Å². The third-order valence-corrected chi connectivity index (χ3v) is 3.71. The van der Waals surface area contributed by atoms with Crippen LogP contribution < -0.4 is 5.32 Å². The zero-order valence-electron chi connectivity index (χ0n) is 10.4. The predicted molar refractivity (Wildman–Crippen MR) is 63.2 cm³/mol. The molecule has 2 rings (SSSR count). The van der Waals surface area contributed by atoms with Gasteiger partial charge in [-0.3, -0.25) is 0 Å². The Hall–Kier alpha value is -0.870. The van der Waals surface area contributed by atoms with Crippen LogP contribution in [0.1, 0.15) is 38.4 Å². The lowest BCUT2D eigenvalue weighted by Gasteiger charge is -2.43. The Balaban J connectivity index is 2.33. The number of ether oxygens (including phenoxy) is 1. The van der Waals surface area contributed by atoms with Gasteiger partial charge in [-0.15, -0.1) is 0 Å². The molecule has 16 heavy (non-hydrogen) atoms. The number of aromatic nitrogens is 2. The molecule has 4 heteroatoms. The molecule has 1 aliphatic rings. The second-order valence-electron chi connectivity index (χ2n) is 4.44. The monoisotopic (exact) mass is 223 g/mol. The van der Waals surface area contributed by atoms with Crippen LogP contribution in [0.5, 0.6) is 0 Å². The van der Waals surface area contributed by atoms with Crippen LogP contribution in [-0.4, -0.2) is 28.3 Å².